The van der Waals surface area contributed by atoms with Crippen molar-refractivity contribution in [2.45, 2.75) is 30.6 Å². The Labute approximate surface area is 160 Å². The number of hydrogen-bond donors (Lipinski definition) is 0. The van der Waals surface area contributed by atoms with Crippen molar-refractivity contribution < 1.29 is 22.7 Å². The van der Waals surface area contributed by atoms with Crippen molar-refractivity contribution in [3.63, 3.8) is 0 Å². The number of likely N-dealkylation sites (tertiary alicyclic amines) is 1. The number of methoxy groups -OCH3 is 1. The van der Waals surface area contributed by atoms with Crippen molar-refractivity contribution >= 4 is 21.9 Å². The van der Waals surface area contributed by atoms with E-state index in [0.717, 1.165) is 0 Å². The van der Waals surface area contributed by atoms with Gasteiger partial charge >= 0.3 is 5.97 Å². The van der Waals surface area contributed by atoms with Crippen LogP contribution in [0.25, 0.3) is 0 Å². The summed E-state index contributed by atoms with van der Waals surface area (Å²) in [5.74, 6) is -0.710. The highest BCUT2D eigenvalue weighted by Gasteiger charge is 2.36. The van der Waals surface area contributed by atoms with Crippen LogP contribution in [0.2, 0.25) is 0 Å². The number of ether oxygens (including phenoxy) is 1. The van der Waals surface area contributed by atoms with E-state index in [9.17, 15) is 18.0 Å². The molecule has 1 atom stereocenters. The minimum Gasteiger partial charge on any atom is -0.469 e. The van der Waals surface area contributed by atoms with Crippen molar-refractivity contribution in [3.8, 4) is 0 Å². The number of carbonyl (C=O) groups excluding carboxylic acids is 2. The molecule has 0 aromatic heterocycles. The van der Waals surface area contributed by atoms with Crippen LogP contribution in [-0.2, 0) is 24.3 Å². The van der Waals surface area contributed by atoms with Crippen LogP contribution < -0.4 is 0 Å². The molecule has 148 valence electrons. The van der Waals surface area contributed by atoms with E-state index < -0.39 is 10.0 Å². The molecule has 1 aromatic carbocycles. The Bertz CT molecular complexity index is 773. The maximum atomic E-state index is 12.9. The molecule has 0 unspecified atom stereocenters. The fourth-order valence-electron chi connectivity index (χ4n) is 3.86. The molecule has 0 bridgehead atoms. The number of benzene rings is 1. The van der Waals surface area contributed by atoms with Gasteiger partial charge in [0.25, 0.3) is 0 Å². The number of rotatable bonds is 4. The minimum atomic E-state index is -3.58. The number of sulfonamides is 1. The highest BCUT2D eigenvalue weighted by molar-refractivity contribution is 7.89. The summed E-state index contributed by atoms with van der Waals surface area (Å²) in [4.78, 5) is 26.6. The molecule has 3 rings (SSSR count). The monoisotopic (exact) mass is 394 g/mol. The topological polar surface area (TPSA) is 84.0 Å². The fourth-order valence-corrected chi connectivity index (χ4v) is 5.41. The van der Waals surface area contributed by atoms with Crippen LogP contribution in [0.3, 0.4) is 0 Å². The smallest absolute Gasteiger partial charge is 0.308 e. The van der Waals surface area contributed by atoms with Gasteiger partial charge in [0.1, 0.15) is 0 Å². The summed E-state index contributed by atoms with van der Waals surface area (Å²) < 4.78 is 31.9. The molecular weight excluding hydrogens is 368 g/mol. The van der Waals surface area contributed by atoms with Crippen molar-refractivity contribution in [1.82, 2.24) is 9.21 Å². The molecule has 0 spiro atoms. The van der Waals surface area contributed by atoms with Gasteiger partial charge in [0, 0.05) is 26.2 Å². The Hall–Kier alpha value is -1.93. The van der Waals surface area contributed by atoms with Crippen LogP contribution >= 0.6 is 0 Å². The highest BCUT2D eigenvalue weighted by Crippen LogP contribution is 2.27. The summed E-state index contributed by atoms with van der Waals surface area (Å²) >= 11 is 0. The molecule has 2 heterocycles. The van der Waals surface area contributed by atoms with Gasteiger partial charge in [-0.2, -0.15) is 4.31 Å². The Morgan fingerprint density at radius 1 is 1.00 bits per heavy atom. The molecule has 0 radical (unpaired) electrons. The molecule has 2 aliphatic heterocycles. The third-order valence-electron chi connectivity index (χ3n) is 5.46. The molecule has 2 fully saturated rings. The minimum absolute atomic E-state index is 0.00808. The van der Waals surface area contributed by atoms with E-state index in [1.807, 2.05) is 0 Å². The summed E-state index contributed by atoms with van der Waals surface area (Å²) in [7, 11) is -2.20. The lowest BCUT2D eigenvalue weighted by Crippen LogP contribution is -2.49. The first-order valence-electron chi connectivity index (χ1n) is 9.35. The van der Waals surface area contributed by atoms with Crippen LogP contribution in [0.5, 0.6) is 0 Å². The predicted octanol–water partition coefficient (Wildman–Crippen LogP) is 1.50. The van der Waals surface area contributed by atoms with E-state index in [4.69, 9.17) is 4.74 Å². The Morgan fingerprint density at radius 2 is 1.67 bits per heavy atom. The lowest BCUT2D eigenvalue weighted by atomic mass is 9.93. The Balaban J connectivity index is 1.63. The number of carbonyl (C=O) groups is 2. The Morgan fingerprint density at radius 3 is 2.30 bits per heavy atom. The molecule has 0 N–H and O–H groups in total. The zero-order valence-electron chi connectivity index (χ0n) is 15.5. The first kappa shape index (κ1) is 19.8. The average molecular weight is 394 g/mol. The molecule has 27 heavy (non-hydrogen) atoms. The van der Waals surface area contributed by atoms with Gasteiger partial charge in [-0.1, -0.05) is 18.2 Å². The predicted molar refractivity (Wildman–Crippen MR) is 99.2 cm³/mol. The highest BCUT2D eigenvalue weighted by atomic mass is 32.2. The van der Waals surface area contributed by atoms with Crippen molar-refractivity contribution in [3.05, 3.63) is 30.3 Å². The van der Waals surface area contributed by atoms with Gasteiger partial charge in [-0.25, -0.2) is 8.42 Å². The summed E-state index contributed by atoms with van der Waals surface area (Å²) in [6, 6.07) is 8.34. The third kappa shape index (κ3) is 4.32. The van der Waals surface area contributed by atoms with Crippen LogP contribution in [0.4, 0.5) is 0 Å². The lowest BCUT2D eigenvalue weighted by Gasteiger charge is -2.37. The summed E-state index contributed by atoms with van der Waals surface area (Å²) in [5.41, 5.74) is 0. The first-order valence-corrected chi connectivity index (χ1v) is 10.8. The van der Waals surface area contributed by atoms with Crippen molar-refractivity contribution in [1.29, 1.82) is 0 Å². The van der Waals surface area contributed by atoms with E-state index in [-0.39, 0.29) is 35.2 Å². The zero-order valence-corrected chi connectivity index (χ0v) is 16.4. The first-order chi connectivity index (χ1) is 12.9. The van der Waals surface area contributed by atoms with Gasteiger partial charge in [0.15, 0.2) is 0 Å². The molecule has 2 aliphatic rings. The molecule has 1 amide bonds. The summed E-state index contributed by atoms with van der Waals surface area (Å²) in [5, 5.41) is 0. The molecule has 8 heteroatoms. The van der Waals surface area contributed by atoms with Gasteiger partial charge in [-0.3, -0.25) is 9.59 Å². The second-order valence-electron chi connectivity index (χ2n) is 7.14. The van der Waals surface area contributed by atoms with Crippen LogP contribution in [0.15, 0.2) is 35.2 Å². The second-order valence-corrected chi connectivity index (χ2v) is 9.08. The SMILES string of the molecule is COC(=O)C1CCN(C(=O)[C@H]2CCCN(S(=O)(=O)c3ccccc3)C2)CC1. The maximum absolute atomic E-state index is 12.9. The van der Waals surface area contributed by atoms with Crippen molar-refractivity contribution in [2.75, 3.05) is 33.3 Å². The zero-order chi connectivity index (χ0) is 19.4. The number of esters is 1. The van der Waals surface area contributed by atoms with Crippen LogP contribution in [0, 0.1) is 11.8 Å². The standard InChI is InChI=1S/C19H26N2O5S/c1-26-19(23)15-9-12-20(13-10-15)18(22)16-6-5-11-21(14-16)27(24,25)17-7-3-2-4-8-17/h2-4,7-8,15-16H,5-6,9-14H2,1H3/t16-/m0/s1. The van der Waals surface area contributed by atoms with Gasteiger partial charge in [0.05, 0.1) is 23.8 Å². The number of hydrogen-bond acceptors (Lipinski definition) is 5. The number of amides is 1. The van der Waals surface area contributed by atoms with Gasteiger partial charge < -0.3 is 9.64 Å². The number of nitrogens with zero attached hydrogens (tertiary/aromatic N) is 2. The Kier molecular flexibility index (Phi) is 6.16. The van der Waals surface area contributed by atoms with Gasteiger partial charge in [-0.05, 0) is 37.8 Å². The molecule has 0 saturated carbocycles. The van der Waals surface area contributed by atoms with E-state index in [2.05, 4.69) is 0 Å². The second kappa shape index (κ2) is 8.39. The third-order valence-corrected chi connectivity index (χ3v) is 7.33. The van der Waals surface area contributed by atoms with E-state index in [1.165, 1.54) is 11.4 Å². The van der Waals surface area contributed by atoms with Crippen LogP contribution in [0.1, 0.15) is 25.7 Å². The normalized spacial score (nSPS) is 22.4. The lowest BCUT2D eigenvalue weighted by molar-refractivity contribution is -0.149. The van der Waals surface area contributed by atoms with E-state index in [1.54, 1.807) is 35.2 Å². The molecule has 1 aromatic rings. The molecule has 0 aliphatic carbocycles. The molecule has 7 nitrogen and oxygen atoms in total. The molecule has 2 saturated heterocycles. The van der Waals surface area contributed by atoms with E-state index >= 15 is 0 Å². The average Bonchev–Trinajstić information content (AvgIpc) is 2.73. The molecular formula is C19H26N2O5S. The van der Waals surface area contributed by atoms with Crippen molar-refractivity contribution in [2.24, 2.45) is 11.8 Å². The summed E-state index contributed by atoms with van der Waals surface area (Å²) in [6.07, 6.45) is 2.55. The fraction of sp³-hybridized carbons (Fsp3) is 0.579. The quantitative estimate of drug-likeness (QED) is 0.723. The summed E-state index contributed by atoms with van der Waals surface area (Å²) in [6.45, 7) is 1.68. The van der Waals surface area contributed by atoms with Gasteiger partial charge in [0.2, 0.25) is 15.9 Å². The largest absolute Gasteiger partial charge is 0.469 e. The van der Waals surface area contributed by atoms with Gasteiger partial charge in [-0.15, -0.1) is 0 Å². The van der Waals surface area contributed by atoms with E-state index in [0.29, 0.717) is 45.3 Å². The maximum Gasteiger partial charge on any atom is 0.308 e. The van der Waals surface area contributed by atoms with Crippen LogP contribution in [-0.4, -0.2) is 62.8 Å². The number of piperidine rings is 2.